The number of pyridine rings is 1. The molecule has 2 amide bonds. The van der Waals surface area contributed by atoms with Gasteiger partial charge in [-0.05, 0) is 44.0 Å². The summed E-state index contributed by atoms with van der Waals surface area (Å²) in [6.45, 7) is 2.98. The first-order chi connectivity index (χ1) is 15.0. The Morgan fingerprint density at radius 1 is 1.10 bits per heavy atom. The van der Waals surface area contributed by atoms with Gasteiger partial charge in [-0.2, -0.15) is 5.10 Å². The van der Waals surface area contributed by atoms with E-state index in [-0.39, 0.29) is 17.7 Å². The Balaban J connectivity index is 1.28. The number of nitrogens with one attached hydrogen (secondary N) is 1. The quantitative estimate of drug-likeness (QED) is 0.685. The van der Waals surface area contributed by atoms with Gasteiger partial charge < -0.3 is 15.0 Å². The summed E-state index contributed by atoms with van der Waals surface area (Å²) >= 11 is 0. The summed E-state index contributed by atoms with van der Waals surface area (Å²) in [5.74, 6) is 0.879. The third-order valence-corrected chi connectivity index (χ3v) is 5.46. The van der Waals surface area contributed by atoms with Crippen LogP contribution in [0.5, 0.6) is 11.6 Å². The van der Waals surface area contributed by atoms with Gasteiger partial charge in [0.2, 0.25) is 11.8 Å². The van der Waals surface area contributed by atoms with E-state index in [0.717, 1.165) is 5.69 Å². The fourth-order valence-corrected chi connectivity index (χ4v) is 3.54. The van der Waals surface area contributed by atoms with Gasteiger partial charge in [-0.25, -0.2) is 4.98 Å². The van der Waals surface area contributed by atoms with Gasteiger partial charge >= 0.3 is 0 Å². The number of anilines is 1. The first-order valence-corrected chi connectivity index (χ1v) is 10.3. The number of para-hydroxylation sites is 1. The van der Waals surface area contributed by atoms with E-state index in [1.165, 1.54) is 0 Å². The number of piperidine rings is 1. The molecule has 8 heteroatoms. The zero-order valence-electron chi connectivity index (χ0n) is 17.6. The maximum Gasteiger partial charge on any atom is 0.274 e. The molecule has 4 rings (SSSR count). The van der Waals surface area contributed by atoms with E-state index in [2.05, 4.69) is 15.4 Å². The van der Waals surface area contributed by atoms with Crippen LogP contribution in [0.2, 0.25) is 0 Å². The van der Waals surface area contributed by atoms with E-state index < -0.39 is 0 Å². The van der Waals surface area contributed by atoms with Crippen molar-refractivity contribution in [3.8, 4) is 11.6 Å². The monoisotopic (exact) mass is 419 g/mol. The highest BCUT2D eigenvalue weighted by molar-refractivity contribution is 5.94. The summed E-state index contributed by atoms with van der Waals surface area (Å²) < 4.78 is 7.36. The number of carbonyl (C=O) groups excluding carboxylic acids is 2. The molecule has 0 spiro atoms. The molecular formula is C23H25N5O3. The Bertz CT molecular complexity index is 1040. The lowest BCUT2D eigenvalue weighted by atomic mass is 9.95. The largest absolute Gasteiger partial charge is 0.439 e. The van der Waals surface area contributed by atoms with Gasteiger partial charge in [-0.15, -0.1) is 0 Å². The zero-order valence-corrected chi connectivity index (χ0v) is 17.6. The number of benzene rings is 1. The molecule has 3 aromatic rings. The van der Waals surface area contributed by atoms with Crippen LogP contribution in [0, 0.1) is 12.8 Å². The van der Waals surface area contributed by atoms with E-state index in [9.17, 15) is 9.59 Å². The third-order valence-electron chi connectivity index (χ3n) is 5.46. The van der Waals surface area contributed by atoms with Gasteiger partial charge in [-0.3, -0.25) is 14.3 Å². The minimum absolute atomic E-state index is 0.0562. The van der Waals surface area contributed by atoms with Crippen LogP contribution in [0.1, 0.15) is 29.0 Å². The Hall–Kier alpha value is -3.68. The number of aromatic nitrogens is 3. The standard InChI is InChI=1S/C23H25N5O3/c1-16-14-20(26-27(16)2)23(30)28-12-10-17(11-13-28)22(29)25-18-8-9-21(24-15-18)31-19-6-4-3-5-7-19/h3-9,14-15,17H,10-13H2,1-2H3,(H,25,29). The molecule has 0 aliphatic carbocycles. The van der Waals surface area contributed by atoms with Crippen molar-refractivity contribution in [3.05, 3.63) is 66.1 Å². The summed E-state index contributed by atoms with van der Waals surface area (Å²) in [4.78, 5) is 31.3. The number of carbonyl (C=O) groups is 2. The molecule has 1 N–H and O–H groups in total. The number of nitrogens with zero attached hydrogens (tertiary/aromatic N) is 4. The molecule has 0 unspecified atom stereocenters. The average molecular weight is 419 g/mol. The second-order valence-electron chi connectivity index (χ2n) is 7.65. The molecule has 3 heterocycles. The van der Waals surface area contributed by atoms with Gasteiger partial charge in [0, 0.05) is 37.8 Å². The van der Waals surface area contributed by atoms with Crippen LogP contribution in [-0.2, 0) is 11.8 Å². The van der Waals surface area contributed by atoms with E-state index in [0.29, 0.717) is 48.9 Å². The maximum absolute atomic E-state index is 12.6. The first kappa shape index (κ1) is 20.6. The fourth-order valence-electron chi connectivity index (χ4n) is 3.54. The number of rotatable bonds is 5. The highest BCUT2D eigenvalue weighted by Crippen LogP contribution is 2.23. The lowest BCUT2D eigenvalue weighted by Crippen LogP contribution is -2.41. The summed E-state index contributed by atoms with van der Waals surface area (Å²) in [6.07, 6.45) is 2.82. The molecule has 0 bridgehead atoms. The Kier molecular flexibility index (Phi) is 5.97. The topological polar surface area (TPSA) is 89.3 Å². The smallest absolute Gasteiger partial charge is 0.274 e. The van der Waals surface area contributed by atoms with E-state index >= 15 is 0 Å². The highest BCUT2D eigenvalue weighted by Gasteiger charge is 2.29. The normalized spacial score (nSPS) is 14.3. The Morgan fingerprint density at radius 3 is 2.45 bits per heavy atom. The molecule has 2 aromatic heterocycles. The Labute approximate surface area is 180 Å². The van der Waals surface area contributed by atoms with Crippen LogP contribution >= 0.6 is 0 Å². The molecule has 1 aliphatic heterocycles. The number of aryl methyl sites for hydroxylation is 2. The lowest BCUT2D eigenvalue weighted by Gasteiger charge is -2.30. The molecule has 0 radical (unpaired) electrons. The van der Waals surface area contributed by atoms with E-state index in [1.807, 2.05) is 44.3 Å². The molecule has 0 atom stereocenters. The first-order valence-electron chi connectivity index (χ1n) is 10.3. The van der Waals surface area contributed by atoms with Gasteiger partial charge in [0.25, 0.3) is 5.91 Å². The lowest BCUT2D eigenvalue weighted by molar-refractivity contribution is -0.121. The van der Waals surface area contributed by atoms with Crippen LogP contribution in [0.15, 0.2) is 54.7 Å². The van der Waals surface area contributed by atoms with E-state index in [4.69, 9.17) is 4.74 Å². The van der Waals surface area contributed by atoms with Gasteiger partial charge in [0.15, 0.2) is 5.69 Å². The number of amides is 2. The predicted octanol–water partition coefficient (Wildman–Crippen LogP) is 3.41. The van der Waals surface area contributed by atoms with Crippen molar-refractivity contribution in [2.24, 2.45) is 13.0 Å². The fraction of sp³-hybridized carbons (Fsp3) is 0.304. The zero-order chi connectivity index (χ0) is 21.8. The molecular weight excluding hydrogens is 394 g/mol. The predicted molar refractivity (Wildman–Crippen MR) is 116 cm³/mol. The number of ether oxygens (including phenoxy) is 1. The van der Waals surface area contributed by atoms with Crippen molar-refractivity contribution >= 4 is 17.5 Å². The molecule has 1 fully saturated rings. The van der Waals surface area contributed by atoms with Crippen molar-refractivity contribution in [2.75, 3.05) is 18.4 Å². The minimum Gasteiger partial charge on any atom is -0.439 e. The van der Waals surface area contributed by atoms with Gasteiger partial charge in [-0.1, -0.05) is 18.2 Å². The average Bonchev–Trinajstić information content (AvgIpc) is 3.13. The van der Waals surface area contributed by atoms with Crippen molar-refractivity contribution in [2.45, 2.75) is 19.8 Å². The molecule has 8 nitrogen and oxygen atoms in total. The second-order valence-corrected chi connectivity index (χ2v) is 7.65. The summed E-state index contributed by atoms with van der Waals surface area (Å²) in [5, 5.41) is 7.17. The molecule has 1 aromatic carbocycles. The summed E-state index contributed by atoms with van der Waals surface area (Å²) in [6, 6.07) is 14.7. The SMILES string of the molecule is Cc1cc(C(=O)N2CCC(C(=O)Nc3ccc(Oc4ccccc4)nc3)CC2)nn1C. The molecule has 31 heavy (non-hydrogen) atoms. The van der Waals surface area contributed by atoms with Crippen molar-refractivity contribution in [1.29, 1.82) is 0 Å². The van der Waals surface area contributed by atoms with Crippen LogP contribution < -0.4 is 10.1 Å². The number of likely N-dealkylation sites (tertiary alicyclic amines) is 1. The molecule has 1 aliphatic rings. The highest BCUT2D eigenvalue weighted by atomic mass is 16.5. The van der Waals surface area contributed by atoms with Crippen molar-refractivity contribution in [1.82, 2.24) is 19.7 Å². The van der Waals surface area contributed by atoms with Crippen LogP contribution in [0.3, 0.4) is 0 Å². The second kappa shape index (κ2) is 8.99. The third kappa shape index (κ3) is 4.91. The Morgan fingerprint density at radius 2 is 1.84 bits per heavy atom. The van der Waals surface area contributed by atoms with Crippen molar-refractivity contribution in [3.63, 3.8) is 0 Å². The number of hydrogen-bond donors (Lipinski definition) is 1. The van der Waals surface area contributed by atoms with Crippen LogP contribution in [-0.4, -0.2) is 44.6 Å². The van der Waals surface area contributed by atoms with Crippen LogP contribution in [0.25, 0.3) is 0 Å². The molecule has 1 saturated heterocycles. The van der Waals surface area contributed by atoms with Gasteiger partial charge in [0.05, 0.1) is 11.9 Å². The minimum atomic E-state index is -0.144. The summed E-state index contributed by atoms with van der Waals surface area (Å²) in [5.41, 5.74) is 2.01. The summed E-state index contributed by atoms with van der Waals surface area (Å²) in [7, 11) is 1.82. The van der Waals surface area contributed by atoms with Crippen LogP contribution in [0.4, 0.5) is 5.69 Å². The molecule has 160 valence electrons. The maximum atomic E-state index is 12.6. The van der Waals surface area contributed by atoms with Gasteiger partial charge in [0.1, 0.15) is 5.75 Å². The van der Waals surface area contributed by atoms with E-state index in [1.54, 1.807) is 34.0 Å². The number of hydrogen-bond acceptors (Lipinski definition) is 5. The van der Waals surface area contributed by atoms with Crippen molar-refractivity contribution < 1.29 is 14.3 Å². The molecule has 0 saturated carbocycles.